The highest BCUT2D eigenvalue weighted by atomic mass is 16.6. The van der Waals surface area contributed by atoms with Crippen molar-refractivity contribution in [3.63, 3.8) is 0 Å². The van der Waals surface area contributed by atoms with Crippen LogP contribution in [0.4, 0.5) is 5.82 Å². The molecule has 5 N–H and O–H groups in total. The molecule has 11 heteroatoms. The number of hydrogen-bond acceptors (Lipinski definition) is 9. The SMILES string of the molecule is CC(C)n1cc(-c2nc(N)c3ncn(C4O[C@@H](CO)[C@H](O)[C@@H]4O)c3n2)cn1. The predicted octanol–water partition coefficient (Wildman–Crippen LogP) is -0.536. The van der Waals surface area contributed by atoms with E-state index in [0.717, 1.165) is 0 Å². The monoisotopic (exact) mass is 375 g/mol. The van der Waals surface area contributed by atoms with E-state index in [1.165, 1.54) is 10.9 Å². The molecule has 0 aromatic carbocycles. The smallest absolute Gasteiger partial charge is 0.168 e. The van der Waals surface area contributed by atoms with E-state index in [1.807, 2.05) is 20.0 Å². The lowest BCUT2D eigenvalue weighted by molar-refractivity contribution is -0.0511. The van der Waals surface area contributed by atoms with Crippen molar-refractivity contribution in [1.29, 1.82) is 0 Å². The maximum atomic E-state index is 10.3. The Morgan fingerprint density at radius 2 is 2.04 bits per heavy atom. The van der Waals surface area contributed by atoms with Crippen molar-refractivity contribution in [3.05, 3.63) is 18.7 Å². The number of aromatic nitrogens is 6. The molecule has 4 heterocycles. The largest absolute Gasteiger partial charge is 0.394 e. The topological polar surface area (TPSA) is 157 Å². The molecule has 0 saturated carbocycles. The third-order valence-electron chi connectivity index (χ3n) is 4.63. The molecule has 144 valence electrons. The molecule has 4 rings (SSSR count). The molecule has 0 radical (unpaired) electrons. The van der Waals surface area contributed by atoms with Crippen LogP contribution in [0.25, 0.3) is 22.6 Å². The van der Waals surface area contributed by atoms with Gasteiger partial charge in [-0.2, -0.15) is 5.10 Å². The van der Waals surface area contributed by atoms with E-state index in [4.69, 9.17) is 10.5 Å². The lowest BCUT2D eigenvalue weighted by Crippen LogP contribution is -2.33. The summed E-state index contributed by atoms with van der Waals surface area (Å²) in [6.07, 6.45) is 0.556. The Morgan fingerprint density at radius 3 is 2.67 bits per heavy atom. The summed E-state index contributed by atoms with van der Waals surface area (Å²) in [4.78, 5) is 13.0. The number of hydrogen-bond donors (Lipinski definition) is 4. The van der Waals surface area contributed by atoms with E-state index >= 15 is 0 Å². The number of fused-ring (bicyclic) bond motifs is 1. The first-order valence-corrected chi connectivity index (χ1v) is 8.57. The van der Waals surface area contributed by atoms with Crippen LogP contribution < -0.4 is 5.73 Å². The second-order valence-electron chi connectivity index (χ2n) is 6.79. The van der Waals surface area contributed by atoms with Crippen LogP contribution >= 0.6 is 0 Å². The van der Waals surface area contributed by atoms with Gasteiger partial charge in [-0.05, 0) is 13.8 Å². The first-order chi connectivity index (χ1) is 12.9. The van der Waals surface area contributed by atoms with Crippen molar-refractivity contribution in [2.24, 2.45) is 0 Å². The molecule has 0 spiro atoms. The lowest BCUT2D eigenvalue weighted by atomic mass is 10.1. The molecule has 1 aliphatic heterocycles. The maximum absolute atomic E-state index is 10.3. The van der Waals surface area contributed by atoms with Crippen molar-refractivity contribution in [2.75, 3.05) is 12.3 Å². The van der Waals surface area contributed by atoms with E-state index < -0.39 is 31.1 Å². The van der Waals surface area contributed by atoms with E-state index in [9.17, 15) is 15.3 Å². The van der Waals surface area contributed by atoms with Gasteiger partial charge in [-0.3, -0.25) is 9.25 Å². The van der Waals surface area contributed by atoms with Gasteiger partial charge in [-0.25, -0.2) is 15.0 Å². The average molecular weight is 375 g/mol. The van der Waals surface area contributed by atoms with E-state index in [0.29, 0.717) is 22.6 Å². The van der Waals surface area contributed by atoms with Gasteiger partial charge in [0.25, 0.3) is 0 Å². The number of anilines is 1. The fourth-order valence-electron chi connectivity index (χ4n) is 3.10. The minimum atomic E-state index is -1.25. The molecule has 11 nitrogen and oxygen atoms in total. The van der Waals surface area contributed by atoms with Gasteiger partial charge in [0.05, 0.1) is 24.7 Å². The zero-order valence-corrected chi connectivity index (χ0v) is 14.8. The van der Waals surface area contributed by atoms with Crippen molar-refractivity contribution in [3.8, 4) is 11.4 Å². The van der Waals surface area contributed by atoms with Crippen LogP contribution in [0.2, 0.25) is 0 Å². The second kappa shape index (κ2) is 6.53. The number of imidazole rings is 1. The zero-order chi connectivity index (χ0) is 19.3. The van der Waals surface area contributed by atoms with Crippen LogP contribution in [-0.2, 0) is 4.74 Å². The molecule has 1 unspecified atom stereocenters. The van der Waals surface area contributed by atoms with E-state index in [-0.39, 0.29) is 11.9 Å². The number of aliphatic hydroxyl groups excluding tert-OH is 3. The van der Waals surface area contributed by atoms with Crippen LogP contribution in [0.1, 0.15) is 26.1 Å². The standard InChI is InChI=1S/C16H21N7O4/c1-7(2)23-4-8(3-19-23)14-20-13(17)10-15(21-14)22(6-18-10)16-12(26)11(25)9(5-24)27-16/h3-4,6-7,9,11-12,16,24-26H,5H2,1-2H3,(H2,17,20,21)/t9-,11-,12-,16?/m0/s1. The van der Waals surface area contributed by atoms with Gasteiger partial charge >= 0.3 is 0 Å². The first kappa shape index (κ1) is 17.8. The van der Waals surface area contributed by atoms with Gasteiger partial charge in [-0.15, -0.1) is 0 Å². The van der Waals surface area contributed by atoms with Crippen LogP contribution in [0.15, 0.2) is 18.7 Å². The summed E-state index contributed by atoms with van der Waals surface area (Å²) in [5.41, 5.74) is 7.43. The third-order valence-corrected chi connectivity index (χ3v) is 4.63. The predicted molar refractivity (Wildman–Crippen MR) is 94.4 cm³/mol. The van der Waals surface area contributed by atoms with Gasteiger partial charge in [0.15, 0.2) is 23.5 Å². The Bertz CT molecular complexity index is 969. The average Bonchev–Trinajstić information content (AvgIpc) is 3.34. The highest BCUT2D eigenvalue weighted by molar-refractivity contribution is 5.83. The zero-order valence-electron chi connectivity index (χ0n) is 14.8. The number of ether oxygens (including phenoxy) is 1. The highest BCUT2D eigenvalue weighted by Crippen LogP contribution is 2.32. The molecule has 27 heavy (non-hydrogen) atoms. The molecular formula is C16H21N7O4. The molecule has 1 saturated heterocycles. The summed E-state index contributed by atoms with van der Waals surface area (Å²) in [6.45, 7) is 3.59. The molecule has 0 amide bonds. The second-order valence-corrected chi connectivity index (χ2v) is 6.79. The van der Waals surface area contributed by atoms with Gasteiger partial charge in [-0.1, -0.05) is 0 Å². The summed E-state index contributed by atoms with van der Waals surface area (Å²) in [7, 11) is 0. The van der Waals surface area contributed by atoms with E-state index in [2.05, 4.69) is 20.1 Å². The van der Waals surface area contributed by atoms with Crippen LogP contribution in [0, 0.1) is 0 Å². The summed E-state index contributed by atoms with van der Waals surface area (Å²) in [5, 5.41) is 33.9. The quantitative estimate of drug-likeness (QED) is 0.470. The number of aliphatic hydroxyl groups is 3. The van der Waals surface area contributed by atoms with Gasteiger partial charge in [0, 0.05) is 12.2 Å². The fraction of sp³-hybridized carbons (Fsp3) is 0.500. The molecule has 4 atom stereocenters. The van der Waals surface area contributed by atoms with Crippen molar-refractivity contribution in [2.45, 2.75) is 44.4 Å². The summed E-state index contributed by atoms with van der Waals surface area (Å²) in [6, 6.07) is 0.185. The van der Waals surface area contributed by atoms with Crippen molar-refractivity contribution in [1.82, 2.24) is 29.3 Å². The van der Waals surface area contributed by atoms with Crippen LogP contribution in [-0.4, -0.2) is 69.5 Å². The summed E-state index contributed by atoms with van der Waals surface area (Å²) < 4.78 is 8.82. The minimum Gasteiger partial charge on any atom is -0.394 e. The van der Waals surface area contributed by atoms with Crippen molar-refractivity contribution < 1.29 is 20.1 Å². The van der Waals surface area contributed by atoms with Gasteiger partial charge in [0.1, 0.15) is 23.8 Å². The summed E-state index contributed by atoms with van der Waals surface area (Å²) >= 11 is 0. The molecule has 0 aliphatic carbocycles. The molecule has 0 bridgehead atoms. The van der Waals surface area contributed by atoms with Crippen LogP contribution in [0.3, 0.4) is 0 Å². The van der Waals surface area contributed by atoms with E-state index in [1.54, 1.807) is 10.9 Å². The lowest BCUT2D eigenvalue weighted by Gasteiger charge is -2.16. The van der Waals surface area contributed by atoms with Crippen LogP contribution in [0.5, 0.6) is 0 Å². The molecule has 1 aliphatic rings. The Morgan fingerprint density at radius 1 is 1.26 bits per heavy atom. The maximum Gasteiger partial charge on any atom is 0.168 e. The van der Waals surface area contributed by atoms with Gasteiger partial charge in [0.2, 0.25) is 0 Å². The molecule has 3 aromatic heterocycles. The molecular weight excluding hydrogens is 354 g/mol. The summed E-state index contributed by atoms with van der Waals surface area (Å²) in [5.74, 6) is 0.540. The number of rotatable bonds is 4. The Balaban J connectivity index is 1.78. The highest BCUT2D eigenvalue weighted by Gasteiger charge is 2.44. The number of nitrogens with two attached hydrogens (primary N) is 1. The molecule has 3 aromatic rings. The number of nitrogen functional groups attached to an aromatic ring is 1. The minimum absolute atomic E-state index is 0.179. The fourth-order valence-corrected chi connectivity index (χ4v) is 3.10. The Hall–Kier alpha value is -2.60. The Kier molecular flexibility index (Phi) is 4.30. The first-order valence-electron chi connectivity index (χ1n) is 8.57. The normalized spacial score (nSPS) is 25.7. The number of nitrogens with zero attached hydrogens (tertiary/aromatic N) is 6. The third kappa shape index (κ3) is 2.84. The van der Waals surface area contributed by atoms with Gasteiger partial charge < -0.3 is 25.8 Å². The Labute approximate surface area is 154 Å². The molecule has 1 fully saturated rings. The van der Waals surface area contributed by atoms with Crippen molar-refractivity contribution >= 4 is 17.0 Å².